The molecule has 4 rings (SSSR count). The maximum absolute atomic E-state index is 13.3. The van der Waals surface area contributed by atoms with Crippen molar-refractivity contribution < 1.29 is 4.79 Å². The highest BCUT2D eigenvalue weighted by atomic mass is 35.5. The Morgan fingerprint density at radius 1 is 1.27 bits per heavy atom. The summed E-state index contributed by atoms with van der Waals surface area (Å²) in [7, 11) is 0. The summed E-state index contributed by atoms with van der Waals surface area (Å²) in [6.07, 6.45) is 0. The standard InChI is InChI=1S/C21H15Cl2N5OS/c1-11-17(20(29)27-13-5-3-2-4-6-13)18(14-8-7-12(22)9-15(14)23)28-19(25)16(10-24)30-21(28)26-11/h2-9,18H,25H2,1H3,(H,27,29)/t18-/m0/s1. The van der Waals surface area contributed by atoms with Gasteiger partial charge in [-0.05, 0) is 48.5 Å². The molecular weight excluding hydrogens is 441 g/mol. The number of nitrogens with one attached hydrogen (secondary N) is 1. The fourth-order valence-electron chi connectivity index (χ4n) is 3.37. The number of nitrogens with zero attached hydrogens (tertiary/aromatic N) is 3. The highest BCUT2D eigenvalue weighted by Crippen LogP contribution is 2.47. The van der Waals surface area contributed by atoms with E-state index in [-0.39, 0.29) is 11.7 Å². The van der Waals surface area contributed by atoms with Crippen LogP contribution in [-0.4, -0.2) is 16.0 Å². The maximum Gasteiger partial charge on any atom is 0.255 e. The average molecular weight is 456 g/mol. The van der Waals surface area contributed by atoms with Crippen molar-refractivity contribution in [2.45, 2.75) is 13.0 Å². The van der Waals surface area contributed by atoms with Gasteiger partial charge in [-0.15, -0.1) is 0 Å². The minimum absolute atomic E-state index is 0.231. The molecule has 9 heteroatoms. The van der Waals surface area contributed by atoms with Gasteiger partial charge in [-0.2, -0.15) is 5.26 Å². The molecule has 0 bridgehead atoms. The summed E-state index contributed by atoms with van der Waals surface area (Å²) in [6, 6.07) is 15.6. The molecular formula is C21H15Cl2N5OS. The van der Waals surface area contributed by atoms with Gasteiger partial charge in [-0.1, -0.05) is 47.5 Å². The molecule has 30 heavy (non-hydrogen) atoms. The zero-order chi connectivity index (χ0) is 21.4. The SMILES string of the molecule is CC1=C(C(=O)Nc2ccccc2)[C@H](c2ccc(Cl)cc2Cl)N2C(=N1)SC(C#N)=C2N. The van der Waals surface area contributed by atoms with Crippen LogP contribution in [0.2, 0.25) is 10.0 Å². The molecule has 0 unspecified atom stereocenters. The summed E-state index contributed by atoms with van der Waals surface area (Å²) in [5.41, 5.74) is 8.45. The van der Waals surface area contributed by atoms with Crippen LogP contribution in [0.15, 0.2) is 75.5 Å². The van der Waals surface area contributed by atoms with Crippen LogP contribution < -0.4 is 11.1 Å². The molecule has 0 aliphatic carbocycles. The average Bonchev–Trinajstić information content (AvgIpc) is 3.03. The third-order valence-electron chi connectivity index (χ3n) is 4.71. The van der Waals surface area contributed by atoms with Gasteiger partial charge < -0.3 is 11.1 Å². The van der Waals surface area contributed by atoms with Crippen molar-refractivity contribution >= 4 is 51.7 Å². The Bertz CT molecular complexity index is 1180. The smallest absolute Gasteiger partial charge is 0.255 e. The lowest BCUT2D eigenvalue weighted by Crippen LogP contribution is -2.39. The van der Waals surface area contributed by atoms with Crippen molar-refractivity contribution in [2.24, 2.45) is 10.7 Å². The Morgan fingerprint density at radius 3 is 2.67 bits per heavy atom. The van der Waals surface area contributed by atoms with Crippen LogP contribution in [0.25, 0.3) is 0 Å². The van der Waals surface area contributed by atoms with Crippen molar-refractivity contribution in [3.63, 3.8) is 0 Å². The summed E-state index contributed by atoms with van der Waals surface area (Å²) in [4.78, 5) is 19.9. The number of para-hydroxylation sites is 1. The highest BCUT2D eigenvalue weighted by molar-refractivity contribution is 8.17. The second-order valence-electron chi connectivity index (χ2n) is 6.58. The van der Waals surface area contributed by atoms with E-state index >= 15 is 0 Å². The Balaban J connectivity index is 1.86. The van der Waals surface area contributed by atoms with Crippen LogP contribution >= 0.6 is 35.0 Å². The van der Waals surface area contributed by atoms with Gasteiger partial charge in [0.05, 0.1) is 17.3 Å². The van der Waals surface area contributed by atoms with E-state index in [1.54, 1.807) is 42.2 Å². The van der Waals surface area contributed by atoms with Crippen LogP contribution in [0.3, 0.4) is 0 Å². The molecule has 150 valence electrons. The molecule has 6 nitrogen and oxygen atoms in total. The van der Waals surface area contributed by atoms with Gasteiger partial charge in [0.25, 0.3) is 5.91 Å². The molecule has 2 aliphatic rings. The van der Waals surface area contributed by atoms with Crippen molar-refractivity contribution in [2.75, 3.05) is 5.32 Å². The number of fused-ring (bicyclic) bond motifs is 1. The Hall–Kier alpha value is -2.92. The van der Waals surface area contributed by atoms with E-state index in [4.69, 9.17) is 28.9 Å². The monoisotopic (exact) mass is 455 g/mol. The van der Waals surface area contributed by atoms with Crippen LogP contribution in [-0.2, 0) is 4.79 Å². The van der Waals surface area contributed by atoms with E-state index < -0.39 is 6.04 Å². The van der Waals surface area contributed by atoms with Gasteiger partial charge in [-0.3, -0.25) is 9.69 Å². The predicted octanol–water partition coefficient (Wildman–Crippen LogP) is 5.02. The first-order chi connectivity index (χ1) is 14.4. The summed E-state index contributed by atoms with van der Waals surface area (Å²) >= 11 is 13.8. The van der Waals surface area contributed by atoms with Crippen molar-refractivity contribution in [1.82, 2.24) is 4.90 Å². The number of anilines is 1. The van der Waals surface area contributed by atoms with Gasteiger partial charge in [0.1, 0.15) is 16.8 Å². The van der Waals surface area contributed by atoms with Crippen LogP contribution in [0.1, 0.15) is 18.5 Å². The first-order valence-electron chi connectivity index (χ1n) is 8.88. The zero-order valence-electron chi connectivity index (χ0n) is 15.7. The highest BCUT2D eigenvalue weighted by Gasteiger charge is 2.42. The first kappa shape index (κ1) is 20.4. The Labute approximate surface area is 187 Å². The summed E-state index contributed by atoms with van der Waals surface area (Å²) in [6.45, 7) is 1.75. The van der Waals surface area contributed by atoms with Gasteiger partial charge >= 0.3 is 0 Å². The van der Waals surface area contributed by atoms with Gasteiger partial charge in [-0.25, -0.2) is 4.99 Å². The predicted molar refractivity (Wildman–Crippen MR) is 121 cm³/mol. The van der Waals surface area contributed by atoms with Crippen molar-refractivity contribution in [3.8, 4) is 6.07 Å². The molecule has 2 aromatic rings. The molecule has 0 spiro atoms. The lowest BCUT2D eigenvalue weighted by atomic mass is 9.93. The number of hydrogen-bond donors (Lipinski definition) is 2. The summed E-state index contributed by atoms with van der Waals surface area (Å²) in [5.74, 6) is -0.101. The number of nitriles is 1. The van der Waals surface area contributed by atoms with E-state index in [9.17, 15) is 10.1 Å². The lowest BCUT2D eigenvalue weighted by Gasteiger charge is -2.35. The Morgan fingerprint density at radius 2 is 2.00 bits per heavy atom. The van der Waals surface area contributed by atoms with Crippen LogP contribution in [0.5, 0.6) is 0 Å². The quantitative estimate of drug-likeness (QED) is 0.677. The number of carbonyl (C=O) groups excluding carboxylic acids is 1. The number of amides is 1. The minimum Gasteiger partial charge on any atom is -0.383 e. The first-order valence-corrected chi connectivity index (χ1v) is 10.5. The maximum atomic E-state index is 13.3. The molecule has 1 amide bonds. The minimum atomic E-state index is -0.663. The number of allylic oxidation sites excluding steroid dienone is 2. The fourth-order valence-corrected chi connectivity index (χ4v) is 4.80. The molecule has 2 heterocycles. The van der Waals surface area contributed by atoms with Gasteiger partial charge in [0.2, 0.25) is 0 Å². The van der Waals surface area contributed by atoms with Crippen molar-refractivity contribution in [3.05, 3.63) is 86.1 Å². The second kappa shape index (κ2) is 8.07. The van der Waals surface area contributed by atoms with E-state index in [0.717, 1.165) is 0 Å². The zero-order valence-corrected chi connectivity index (χ0v) is 18.0. The number of aliphatic imine (C=N–C) groups is 1. The number of halogens is 2. The molecule has 0 aromatic heterocycles. The number of hydrogen-bond acceptors (Lipinski definition) is 6. The molecule has 0 saturated heterocycles. The van der Waals surface area contributed by atoms with E-state index in [0.29, 0.717) is 42.6 Å². The normalized spacial score (nSPS) is 18.1. The number of carbonyl (C=O) groups is 1. The van der Waals surface area contributed by atoms with Crippen LogP contribution in [0, 0.1) is 11.3 Å². The fraction of sp³-hybridized carbons (Fsp3) is 0.0952. The molecule has 3 N–H and O–H groups in total. The lowest BCUT2D eigenvalue weighted by molar-refractivity contribution is -0.113. The molecule has 0 fully saturated rings. The molecule has 2 aromatic carbocycles. The second-order valence-corrected chi connectivity index (χ2v) is 8.40. The molecule has 2 aliphatic heterocycles. The number of amidine groups is 1. The molecule has 1 atom stereocenters. The van der Waals surface area contributed by atoms with Crippen LogP contribution in [0.4, 0.5) is 5.69 Å². The molecule has 0 saturated carbocycles. The number of nitrogens with two attached hydrogens (primary N) is 1. The van der Waals surface area contributed by atoms with Crippen molar-refractivity contribution in [1.29, 1.82) is 5.26 Å². The van der Waals surface area contributed by atoms with Gasteiger partial charge in [0.15, 0.2) is 5.17 Å². The van der Waals surface area contributed by atoms with E-state index in [1.807, 2.05) is 18.2 Å². The van der Waals surface area contributed by atoms with E-state index in [1.165, 1.54) is 11.8 Å². The summed E-state index contributed by atoms with van der Waals surface area (Å²) in [5, 5.41) is 13.7. The van der Waals surface area contributed by atoms with Gasteiger partial charge in [0, 0.05) is 15.7 Å². The Kier molecular flexibility index (Phi) is 5.48. The number of rotatable bonds is 3. The number of thioether (sulfide) groups is 1. The topological polar surface area (TPSA) is 94.5 Å². The van der Waals surface area contributed by atoms with E-state index in [2.05, 4.69) is 16.4 Å². The number of benzene rings is 2. The third-order valence-corrected chi connectivity index (χ3v) is 6.25. The summed E-state index contributed by atoms with van der Waals surface area (Å²) < 4.78 is 0. The largest absolute Gasteiger partial charge is 0.383 e. The third kappa shape index (κ3) is 3.54. The molecule has 0 radical (unpaired) electrons.